The number of aryl methyl sites for hydroxylation is 2. The number of thiocarbonyl (C=S) groups is 1. The van der Waals surface area contributed by atoms with Gasteiger partial charge in [-0.05, 0) is 31.7 Å². The highest BCUT2D eigenvalue weighted by Crippen LogP contribution is 2.31. The maximum atomic E-state index is 5.69. The lowest BCUT2D eigenvalue weighted by Crippen LogP contribution is -2.27. The zero-order valence-electron chi connectivity index (χ0n) is 12.1. The molecule has 2 N–H and O–H groups in total. The number of rotatable bonds is 3. The predicted octanol–water partition coefficient (Wildman–Crippen LogP) is 2.61. The Morgan fingerprint density at radius 1 is 1.40 bits per heavy atom. The molecule has 0 aliphatic carbocycles. The summed E-state index contributed by atoms with van der Waals surface area (Å²) >= 11 is 5.04. The second-order valence-corrected chi connectivity index (χ2v) is 6.33. The second-order valence-electron chi connectivity index (χ2n) is 5.80. The molecule has 0 saturated heterocycles. The fraction of sp³-hybridized carbons (Fsp3) is 0.438. The van der Waals surface area contributed by atoms with E-state index in [0.29, 0.717) is 4.99 Å². The average Bonchev–Trinajstić information content (AvgIpc) is 2.69. The molecule has 0 atom stereocenters. The van der Waals surface area contributed by atoms with Crippen LogP contribution in [-0.2, 0) is 19.5 Å². The highest BCUT2D eigenvalue weighted by atomic mass is 32.1. The van der Waals surface area contributed by atoms with Crippen LogP contribution in [0.25, 0.3) is 10.9 Å². The van der Waals surface area contributed by atoms with Gasteiger partial charge in [0.25, 0.3) is 0 Å². The van der Waals surface area contributed by atoms with Gasteiger partial charge in [0, 0.05) is 49.1 Å². The van der Waals surface area contributed by atoms with Crippen LogP contribution in [0.5, 0.6) is 0 Å². The standard InChI is InChI=1S/C16H21N3S/c1-11-3-4-14-12(9-11)13-10-18(2)7-5-15(13)19(14)8-6-16(17)20/h3-4,9H,5-8,10H2,1-2H3,(H2,17,20). The van der Waals surface area contributed by atoms with Gasteiger partial charge >= 0.3 is 0 Å². The first-order valence-corrected chi connectivity index (χ1v) is 7.54. The first kappa shape index (κ1) is 13.6. The van der Waals surface area contributed by atoms with Crippen molar-refractivity contribution in [3.63, 3.8) is 0 Å². The van der Waals surface area contributed by atoms with Crippen LogP contribution in [-0.4, -0.2) is 28.0 Å². The number of aromatic nitrogens is 1. The van der Waals surface area contributed by atoms with Gasteiger partial charge < -0.3 is 15.2 Å². The first-order chi connectivity index (χ1) is 9.56. The molecule has 0 unspecified atom stereocenters. The molecular formula is C16H21N3S. The van der Waals surface area contributed by atoms with Crippen LogP contribution in [0.3, 0.4) is 0 Å². The van der Waals surface area contributed by atoms with Crippen molar-refractivity contribution in [2.45, 2.75) is 32.9 Å². The zero-order valence-corrected chi connectivity index (χ0v) is 13.0. The molecule has 0 spiro atoms. The Morgan fingerprint density at radius 3 is 2.95 bits per heavy atom. The number of fused-ring (bicyclic) bond motifs is 3. The molecule has 0 fully saturated rings. The van der Waals surface area contributed by atoms with E-state index in [2.05, 4.69) is 41.6 Å². The third kappa shape index (κ3) is 2.34. The number of nitrogens with two attached hydrogens (primary N) is 1. The average molecular weight is 287 g/mol. The summed E-state index contributed by atoms with van der Waals surface area (Å²) in [5, 5.41) is 1.40. The highest BCUT2D eigenvalue weighted by Gasteiger charge is 2.22. The van der Waals surface area contributed by atoms with Crippen molar-refractivity contribution in [1.29, 1.82) is 0 Å². The molecule has 4 heteroatoms. The van der Waals surface area contributed by atoms with E-state index in [-0.39, 0.29) is 0 Å². The SMILES string of the molecule is Cc1ccc2c(c1)c1c(n2CCC(N)=S)CCN(C)C1. The van der Waals surface area contributed by atoms with E-state index >= 15 is 0 Å². The van der Waals surface area contributed by atoms with E-state index in [4.69, 9.17) is 18.0 Å². The maximum absolute atomic E-state index is 5.69. The second kappa shape index (κ2) is 5.19. The van der Waals surface area contributed by atoms with Crippen LogP contribution in [0.2, 0.25) is 0 Å². The van der Waals surface area contributed by atoms with Gasteiger partial charge in [-0.15, -0.1) is 0 Å². The van der Waals surface area contributed by atoms with Crippen molar-refractivity contribution in [3.05, 3.63) is 35.0 Å². The molecule has 3 rings (SSSR count). The predicted molar refractivity (Wildman–Crippen MR) is 88.1 cm³/mol. The van der Waals surface area contributed by atoms with E-state index in [9.17, 15) is 0 Å². The number of nitrogens with zero attached hydrogens (tertiary/aromatic N) is 2. The normalized spacial score (nSPS) is 15.5. The quantitative estimate of drug-likeness (QED) is 0.881. The minimum atomic E-state index is 0.598. The molecule has 0 bridgehead atoms. The molecule has 20 heavy (non-hydrogen) atoms. The number of hydrogen-bond donors (Lipinski definition) is 1. The van der Waals surface area contributed by atoms with Crippen LogP contribution in [0.15, 0.2) is 18.2 Å². The topological polar surface area (TPSA) is 34.2 Å². The third-order valence-electron chi connectivity index (χ3n) is 4.18. The van der Waals surface area contributed by atoms with Crippen LogP contribution in [0.1, 0.15) is 23.2 Å². The third-order valence-corrected chi connectivity index (χ3v) is 4.39. The molecule has 1 aromatic carbocycles. The van der Waals surface area contributed by atoms with E-state index in [1.54, 1.807) is 0 Å². The lowest BCUT2D eigenvalue weighted by Gasteiger charge is -2.24. The van der Waals surface area contributed by atoms with E-state index in [0.717, 1.165) is 32.5 Å². The van der Waals surface area contributed by atoms with Gasteiger partial charge in [0.1, 0.15) is 0 Å². The van der Waals surface area contributed by atoms with Gasteiger partial charge in [-0.2, -0.15) is 0 Å². The lowest BCUT2D eigenvalue weighted by atomic mass is 10.0. The fourth-order valence-corrected chi connectivity index (χ4v) is 3.27. The van der Waals surface area contributed by atoms with Gasteiger partial charge in [-0.3, -0.25) is 0 Å². The zero-order chi connectivity index (χ0) is 14.3. The lowest BCUT2D eigenvalue weighted by molar-refractivity contribution is 0.309. The van der Waals surface area contributed by atoms with Crippen molar-refractivity contribution < 1.29 is 0 Å². The summed E-state index contributed by atoms with van der Waals surface area (Å²) in [5.74, 6) is 0. The number of hydrogen-bond acceptors (Lipinski definition) is 2. The van der Waals surface area contributed by atoms with Crippen molar-refractivity contribution in [2.24, 2.45) is 5.73 Å². The highest BCUT2D eigenvalue weighted by molar-refractivity contribution is 7.80. The van der Waals surface area contributed by atoms with Crippen LogP contribution in [0.4, 0.5) is 0 Å². The minimum absolute atomic E-state index is 0.598. The van der Waals surface area contributed by atoms with Crippen molar-refractivity contribution in [2.75, 3.05) is 13.6 Å². The van der Waals surface area contributed by atoms with Crippen molar-refractivity contribution in [1.82, 2.24) is 9.47 Å². The van der Waals surface area contributed by atoms with Gasteiger partial charge in [0.2, 0.25) is 0 Å². The largest absolute Gasteiger partial charge is 0.393 e. The maximum Gasteiger partial charge on any atom is 0.0745 e. The summed E-state index contributed by atoms with van der Waals surface area (Å²) in [5.41, 5.74) is 11.3. The molecule has 2 heterocycles. The Bertz CT molecular complexity index is 672. The molecule has 1 aliphatic heterocycles. The van der Waals surface area contributed by atoms with Gasteiger partial charge in [-0.1, -0.05) is 23.8 Å². The Labute approximate surface area is 125 Å². The van der Waals surface area contributed by atoms with Crippen molar-refractivity contribution >= 4 is 28.1 Å². The van der Waals surface area contributed by atoms with Crippen LogP contribution >= 0.6 is 12.2 Å². The van der Waals surface area contributed by atoms with Gasteiger partial charge in [-0.25, -0.2) is 0 Å². The Kier molecular flexibility index (Phi) is 3.52. The van der Waals surface area contributed by atoms with Crippen molar-refractivity contribution in [3.8, 4) is 0 Å². The first-order valence-electron chi connectivity index (χ1n) is 7.13. The Morgan fingerprint density at radius 2 is 2.20 bits per heavy atom. The summed E-state index contributed by atoms with van der Waals surface area (Å²) in [6.07, 6.45) is 1.88. The number of likely N-dealkylation sites (N-methyl/N-ethyl adjacent to an activating group) is 1. The summed E-state index contributed by atoms with van der Waals surface area (Å²) in [6.45, 7) is 5.21. The molecular weight excluding hydrogens is 266 g/mol. The molecule has 0 saturated carbocycles. The Hall–Kier alpha value is -1.39. The summed E-state index contributed by atoms with van der Waals surface area (Å²) in [4.78, 5) is 2.99. The molecule has 2 aromatic rings. The van der Waals surface area contributed by atoms with E-state index in [1.807, 2.05) is 0 Å². The molecule has 0 radical (unpaired) electrons. The summed E-state index contributed by atoms with van der Waals surface area (Å²) in [6, 6.07) is 6.74. The monoisotopic (exact) mass is 287 g/mol. The molecule has 3 nitrogen and oxygen atoms in total. The van der Waals surface area contributed by atoms with Crippen LogP contribution < -0.4 is 5.73 Å². The van der Waals surface area contributed by atoms with Gasteiger partial charge in [0.15, 0.2) is 0 Å². The van der Waals surface area contributed by atoms with Gasteiger partial charge in [0.05, 0.1) is 4.99 Å². The Balaban J connectivity index is 2.15. The summed E-state index contributed by atoms with van der Waals surface area (Å²) in [7, 11) is 2.19. The van der Waals surface area contributed by atoms with E-state index < -0.39 is 0 Å². The van der Waals surface area contributed by atoms with E-state index in [1.165, 1.54) is 27.7 Å². The molecule has 1 aliphatic rings. The molecule has 106 valence electrons. The minimum Gasteiger partial charge on any atom is -0.393 e. The molecule has 0 amide bonds. The number of benzene rings is 1. The summed E-state index contributed by atoms with van der Waals surface area (Å²) < 4.78 is 2.43. The smallest absolute Gasteiger partial charge is 0.0745 e. The van der Waals surface area contributed by atoms with Crippen LogP contribution in [0, 0.1) is 6.92 Å². The fourth-order valence-electron chi connectivity index (χ4n) is 3.18. The molecule has 1 aromatic heterocycles.